The van der Waals surface area contributed by atoms with Gasteiger partial charge in [0.1, 0.15) is 0 Å². The molecule has 1 atom stereocenters. The summed E-state index contributed by atoms with van der Waals surface area (Å²) in [6, 6.07) is 9.79. The van der Waals surface area contributed by atoms with Gasteiger partial charge in [-0.2, -0.15) is 0 Å². The average Bonchev–Trinajstić information content (AvgIpc) is 3.32. The van der Waals surface area contributed by atoms with Crippen molar-refractivity contribution in [2.75, 3.05) is 44.7 Å². The molecule has 1 amide bonds. The van der Waals surface area contributed by atoms with E-state index >= 15 is 0 Å². The molecule has 0 aromatic heterocycles. The van der Waals surface area contributed by atoms with Gasteiger partial charge in [0.05, 0.1) is 0 Å². The molecule has 1 saturated heterocycles. The zero-order valence-corrected chi connectivity index (χ0v) is 20.1. The maximum absolute atomic E-state index is 12.0. The molecular formula is C25H41N5O. The van der Waals surface area contributed by atoms with E-state index < -0.39 is 0 Å². The van der Waals surface area contributed by atoms with Crippen molar-refractivity contribution >= 4 is 17.6 Å². The number of guanidine groups is 1. The Bertz CT molecular complexity index is 752. The molecule has 0 saturated carbocycles. The number of amides is 1. The number of nitrogens with zero attached hydrogens (tertiary/aromatic N) is 4. The van der Waals surface area contributed by atoms with Gasteiger partial charge in [-0.05, 0) is 58.6 Å². The van der Waals surface area contributed by atoms with Crippen molar-refractivity contribution in [3.63, 3.8) is 0 Å². The highest BCUT2D eigenvalue weighted by Crippen LogP contribution is 2.38. The topological polar surface area (TPSA) is 51.2 Å². The third-order valence-corrected chi connectivity index (χ3v) is 6.66. The van der Waals surface area contributed by atoms with Gasteiger partial charge in [0.2, 0.25) is 5.91 Å². The fraction of sp³-hybridized carbons (Fsp3) is 0.680. The van der Waals surface area contributed by atoms with Gasteiger partial charge in [0.15, 0.2) is 5.96 Å². The highest BCUT2D eigenvalue weighted by atomic mass is 16.2. The molecule has 6 nitrogen and oxygen atoms in total. The van der Waals surface area contributed by atoms with Crippen LogP contribution in [0, 0.1) is 0 Å². The first-order chi connectivity index (χ1) is 14.9. The lowest BCUT2D eigenvalue weighted by molar-refractivity contribution is -0.127. The summed E-state index contributed by atoms with van der Waals surface area (Å²) in [5.74, 6) is 1.70. The van der Waals surface area contributed by atoms with Crippen molar-refractivity contribution in [3.05, 3.63) is 29.8 Å². The molecule has 2 aliphatic rings. The molecule has 0 spiro atoms. The molecule has 1 fully saturated rings. The molecule has 0 radical (unpaired) electrons. The van der Waals surface area contributed by atoms with E-state index in [4.69, 9.17) is 0 Å². The maximum Gasteiger partial charge on any atom is 0.222 e. The number of benzene rings is 1. The Labute approximate surface area is 188 Å². The molecule has 1 aromatic rings. The summed E-state index contributed by atoms with van der Waals surface area (Å²) in [6.45, 7) is 13.8. The van der Waals surface area contributed by atoms with Gasteiger partial charge in [-0.15, -0.1) is 0 Å². The van der Waals surface area contributed by atoms with E-state index in [1.165, 1.54) is 11.3 Å². The van der Waals surface area contributed by atoms with Gasteiger partial charge in [0.25, 0.3) is 0 Å². The zero-order chi connectivity index (χ0) is 22.4. The van der Waals surface area contributed by atoms with Gasteiger partial charge in [-0.3, -0.25) is 14.7 Å². The van der Waals surface area contributed by atoms with Crippen LogP contribution < -0.4 is 10.2 Å². The van der Waals surface area contributed by atoms with E-state index in [1.807, 2.05) is 11.9 Å². The van der Waals surface area contributed by atoms with Crippen LogP contribution in [0.1, 0.15) is 64.9 Å². The number of anilines is 1. The second-order valence-corrected chi connectivity index (χ2v) is 9.39. The third-order valence-electron chi connectivity index (χ3n) is 6.66. The molecule has 0 aliphatic carbocycles. The molecule has 31 heavy (non-hydrogen) atoms. The summed E-state index contributed by atoms with van der Waals surface area (Å²) in [6.07, 6.45) is 3.82. The summed E-state index contributed by atoms with van der Waals surface area (Å²) < 4.78 is 0. The maximum atomic E-state index is 12.0. The fourth-order valence-electron chi connectivity index (χ4n) is 5.06. The van der Waals surface area contributed by atoms with Crippen LogP contribution in [-0.2, 0) is 4.79 Å². The van der Waals surface area contributed by atoms with Crippen molar-refractivity contribution in [3.8, 4) is 0 Å². The number of aliphatic imine (C=N–C) groups is 1. The average molecular weight is 428 g/mol. The Morgan fingerprint density at radius 2 is 1.97 bits per heavy atom. The Balaban J connectivity index is 1.58. The lowest BCUT2D eigenvalue weighted by Gasteiger charge is -2.30. The number of hydrogen-bond acceptors (Lipinski definition) is 3. The van der Waals surface area contributed by atoms with Crippen molar-refractivity contribution in [1.82, 2.24) is 15.1 Å². The van der Waals surface area contributed by atoms with Crippen LogP contribution in [0.2, 0.25) is 0 Å². The van der Waals surface area contributed by atoms with E-state index in [9.17, 15) is 4.79 Å². The first-order valence-electron chi connectivity index (χ1n) is 12.0. The SMILES string of the molecule is CN=C(NCCCN(C(C)C)C(C)C)N1CC(CCN2CCCC2=O)c2ccccc21. The van der Waals surface area contributed by atoms with Crippen LogP contribution in [0.15, 0.2) is 29.3 Å². The second-order valence-electron chi connectivity index (χ2n) is 9.39. The van der Waals surface area contributed by atoms with Crippen LogP contribution in [0.3, 0.4) is 0 Å². The number of nitrogens with one attached hydrogen (secondary N) is 1. The van der Waals surface area contributed by atoms with Crippen molar-refractivity contribution in [2.24, 2.45) is 4.99 Å². The number of carbonyl (C=O) groups excluding carboxylic acids is 1. The molecule has 2 aliphatic heterocycles. The molecule has 1 N–H and O–H groups in total. The second kappa shape index (κ2) is 11.0. The highest BCUT2D eigenvalue weighted by Gasteiger charge is 2.32. The van der Waals surface area contributed by atoms with Gasteiger partial charge in [-0.1, -0.05) is 18.2 Å². The standard InChI is InChI=1S/C25H41N5O/c1-19(2)29(20(3)4)16-9-14-27-25(26-5)30-18-21(22-10-6-7-11-23(22)30)13-17-28-15-8-12-24(28)31/h6-7,10-11,19-21H,8-9,12-18H2,1-5H3,(H,26,27). The quantitative estimate of drug-likeness (QED) is 0.371. The van der Waals surface area contributed by atoms with Gasteiger partial charge in [-0.25, -0.2) is 0 Å². The zero-order valence-electron chi connectivity index (χ0n) is 20.1. The van der Waals surface area contributed by atoms with Crippen molar-refractivity contribution in [2.45, 2.75) is 71.4 Å². The summed E-state index contributed by atoms with van der Waals surface area (Å²) in [7, 11) is 1.87. The Hall–Kier alpha value is -2.08. The summed E-state index contributed by atoms with van der Waals surface area (Å²) in [4.78, 5) is 23.5. The molecule has 1 unspecified atom stereocenters. The number of rotatable bonds is 9. The summed E-state index contributed by atoms with van der Waals surface area (Å²) >= 11 is 0. The number of hydrogen-bond donors (Lipinski definition) is 1. The van der Waals surface area contributed by atoms with Crippen molar-refractivity contribution < 1.29 is 4.79 Å². The molecule has 172 valence electrons. The molecule has 2 heterocycles. The smallest absolute Gasteiger partial charge is 0.222 e. The van der Waals surface area contributed by atoms with E-state index in [-0.39, 0.29) is 0 Å². The van der Waals surface area contributed by atoms with Crippen LogP contribution in [0.25, 0.3) is 0 Å². The molecule has 3 rings (SSSR count). The predicted molar refractivity (Wildman–Crippen MR) is 130 cm³/mol. The summed E-state index contributed by atoms with van der Waals surface area (Å²) in [5, 5.41) is 3.60. The number of fused-ring (bicyclic) bond motifs is 1. The van der Waals surface area contributed by atoms with Crippen LogP contribution >= 0.6 is 0 Å². The molecule has 6 heteroatoms. The molecule has 1 aromatic carbocycles. The summed E-state index contributed by atoms with van der Waals surface area (Å²) in [5.41, 5.74) is 2.63. The number of para-hydroxylation sites is 1. The van der Waals surface area contributed by atoms with E-state index in [0.29, 0.717) is 23.9 Å². The van der Waals surface area contributed by atoms with Crippen molar-refractivity contribution in [1.29, 1.82) is 0 Å². The normalized spacial score (nSPS) is 19.3. The van der Waals surface area contributed by atoms with E-state index in [0.717, 1.165) is 64.4 Å². The predicted octanol–water partition coefficient (Wildman–Crippen LogP) is 3.69. The Morgan fingerprint density at radius 1 is 1.23 bits per heavy atom. The Morgan fingerprint density at radius 3 is 2.61 bits per heavy atom. The lowest BCUT2D eigenvalue weighted by Crippen LogP contribution is -2.43. The third kappa shape index (κ3) is 5.79. The van der Waals surface area contributed by atoms with Crippen LogP contribution in [0.4, 0.5) is 5.69 Å². The Kier molecular flexibility index (Phi) is 8.35. The van der Waals surface area contributed by atoms with Crippen LogP contribution in [0.5, 0.6) is 0 Å². The highest BCUT2D eigenvalue weighted by molar-refractivity contribution is 5.98. The first kappa shape index (κ1) is 23.6. The van der Waals surface area contributed by atoms with E-state index in [2.05, 4.69) is 72.1 Å². The minimum absolute atomic E-state index is 0.317. The molecule has 0 bridgehead atoms. The monoisotopic (exact) mass is 427 g/mol. The number of likely N-dealkylation sites (tertiary alicyclic amines) is 1. The van der Waals surface area contributed by atoms with Gasteiger partial charge >= 0.3 is 0 Å². The number of carbonyl (C=O) groups is 1. The first-order valence-corrected chi connectivity index (χ1v) is 12.0. The van der Waals surface area contributed by atoms with Gasteiger partial charge < -0.3 is 15.1 Å². The van der Waals surface area contributed by atoms with Gasteiger partial charge in [0, 0.05) is 69.9 Å². The lowest BCUT2D eigenvalue weighted by atomic mass is 9.98. The van der Waals surface area contributed by atoms with Crippen LogP contribution in [-0.4, -0.2) is 73.5 Å². The largest absolute Gasteiger partial charge is 0.356 e. The van der Waals surface area contributed by atoms with E-state index in [1.54, 1.807) is 0 Å². The molecular weight excluding hydrogens is 386 g/mol. The minimum Gasteiger partial charge on any atom is -0.356 e. The minimum atomic E-state index is 0.317. The fourth-order valence-corrected chi connectivity index (χ4v) is 5.06.